The van der Waals surface area contributed by atoms with Gasteiger partial charge in [0.1, 0.15) is 5.60 Å². The molecule has 0 unspecified atom stereocenters. The Morgan fingerprint density at radius 1 is 1.32 bits per heavy atom. The summed E-state index contributed by atoms with van der Waals surface area (Å²) in [5.74, 6) is 0.511. The third-order valence-corrected chi connectivity index (χ3v) is 4.54. The molecule has 1 atom stereocenters. The lowest BCUT2D eigenvalue weighted by Gasteiger charge is -2.29. The van der Waals surface area contributed by atoms with Crippen LogP contribution in [0.15, 0.2) is 18.2 Å². The largest absolute Gasteiger partial charge is 0.444 e. The highest BCUT2D eigenvalue weighted by Gasteiger charge is 2.28. The van der Waals surface area contributed by atoms with Crippen molar-refractivity contribution in [3.8, 4) is 0 Å². The van der Waals surface area contributed by atoms with Gasteiger partial charge in [0.05, 0.1) is 17.1 Å². The first-order chi connectivity index (χ1) is 11.7. The molecule has 1 aliphatic heterocycles. The van der Waals surface area contributed by atoms with E-state index in [0.29, 0.717) is 12.5 Å². The summed E-state index contributed by atoms with van der Waals surface area (Å²) in [5, 5.41) is 0. The summed E-state index contributed by atoms with van der Waals surface area (Å²) >= 11 is 0. The van der Waals surface area contributed by atoms with E-state index in [9.17, 15) is 4.79 Å². The van der Waals surface area contributed by atoms with Gasteiger partial charge in [-0.1, -0.05) is 6.07 Å². The molecule has 136 valence electrons. The van der Waals surface area contributed by atoms with Gasteiger partial charge in [0.25, 0.3) is 0 Å². The van der Waals surface area contributed by atoms with Gasteiger partial charge < -0.3 is 19.9 Å². The van der Waals surface area contributed by atoms with E-state index in [1.165, 1.54) is 0 Å². The zero-order chi connectivity index (χ0) is 18.2. The molecule has 2 aromatic rings. The topological polar surface area (TPSA) is 73.4 Å². The van der Waals surface area contributed by atoms with Gasteiger partial charge in [0.2, 0.25) is 5.95 Å². The van der Waals surface area contributed by atoms with E-state index in [1.54, 1.807) is 0 Å². The summed E-state index contributed by atoms with van der Waals surface area (Å²) in [5.41, 5.74) is 8.83. The maximum atomic E-state index is 12.5. The van der Waals surface area contributed by atoms with E-state index < -0.39 is 5.60 Å². The monoisotopic (exact) mass is 344 g/mol. The lowest BCUT2D eigenvalue weighted by atomic mass is 10.1. The fourth-order valence-corrected chi connectivity index (χ4v) is 3.43. The number of imidazole rings is 1. The Labute approximate surface area is 149 Å². The summed E-state index contributed by atoms with van der Waals surface area (Å²) in [6.45, 7) is 9.04. The number of ether oxygens (including phenoxy) is 1. The third kappa shape index (κ3) is 3.89. The number of amides is 1. The first kappa shape index (κ1) is 17.6. The number of nitrogens with two attached hydrogens (primary N) is 1. The van der Waals surface area contributed by atoms with Crippen LogP contribution < -0.4 is 5.73 Å². The number of likely N-dealkylation sites (tertiary alicyclic amines) is 1. The molecule has 1 aromatic heterocycles. The van der Waals surface area contributed by atoms with E-state index >= 15 is 0 Å². The van der Waals surface area contributed by atoms with Gasteiger partial charge in [0, 0.05) is 13.1 Å². The smallest absolute Gasteiger partial charge is 0.410 e. The lowest BCUT2D eigenvalue weighted by Crippen LogP contribution is -2.39. The summed E-state index contributed by atoms with van der Waals surface area (Å²) in [4.78, 5) is 18.8. The van der Waals surface area contributed by atoms with Crippen LogP contribution in [0.25, 0.3) is 11.0 Å². The summed E-state index contributed by atoms with van der Waals surface area (Å²) in [7, 11) is 0. The number of rotatable bonds is 1. The number of aromatic nitrogens is 2. The number of hydrogen-bond donors (Lipinski definition) is 1. The maximum Gasteiger partial charge on any atom is 0.410 e. The second kappa shape index (κ2) is 6.58. The number of aryl methyl sites for hydroxylation is 1. The van der Waals surface area contributed by atoms with E-state index in [2.05, 4.69) is 21.7 Å². The minimum Gasteiger partial charge on any atom is -0.444 e. The number of fused-ring (bicyclic) bond motifs is 1. The Hall–Kier alpha value is -2.24. The molecular weight excluding hydrogens is 316 g/mol. The van der Waals surface area contributed by atoms with Crippen LogP contribution in [0.1, 0.15) is 51.6 Å². The molecule has 1 amide bonds. The molecule has 3 rings (SSSR count). The highest BCUT2D eigenvalue weighted by molar-refractivity contribution is 5.79. The first-order valence-electron chi connectivity index (χ1n) is 8.96. The summed E-state index contributed by atoms with van der Waals surface area (Å²) in [6, 6.07) is 6.30. The number of carbonyl (C=O) groups is 1. The number of nitrogens with zero attached hydrogens (tertiary/aromatic N) is 3. The van der Waals surface area contributed by atoms with Crippen molar-refractivity contribution in [2.75, 3.05) is 18.8 Å². The van der Waals surface area contributed by atoms with Gasteiger partial charge in [-0.25, -0.2) is 9.78 Å². The summed E-state index contributed by atoms with van der Waals surface area (Å²) in [6.07, 6.45) is 2.75. The molecule has 1 aromatic carbocycles. The molecule has 1 aliphatic rings. The Morgan fingerprint density at radius 2 is 2.08 bits per heavy atom. The van der Waals surface area contributed by atoms with Gasteiger partial charge in [0.15, 0.2) is 0 Å². The van der Waals surface area contributed by atoms with Gasteiger partial charge in [-0.2, -0.15) is 0 Å². The van der Waals surface area contributed by atoms with Crippen LogP contribution in [0.2, 0.25) is 0 Å². The molecule has 6 heteroatoms. The average Bonchev–Trinajstić information content (AvgIpc) is 2.68. The minimum absolute atomic E-state index is 0.114. The van der Waals surface area contributed by atoms with Crippen LogP contribution in [0.3, 0.4) is 0 Å². The third-order valence-electron chi connectivity index (χ3n) is 4.54. The Bertz CT molecular complexity index is 776. The van der Waals surface area contributed by atoms with Crippen LogP contribution in [-0.2, 0) is 4.74 Å². The van der Waals surface area contributed by atoms with Crippen molar-refractivity contribution in [3.05, 3.63) is 23.8 Å². The fourth-order valence-electron chi connectivity index (χ4n) is 3.43. The Morgan fingerprint density at radius 3 is 2.80 bits per heavy atom. The van der Waals surface area contributed by atoms with Crippen molar-refractivity contribution in [1.29, 1.82) is 0 Å². The van der Waals surface area contributed by atoms with Gasteiger partial charge in [-0.15, -0.1) is 0 Å². The van der Waals surface area contributed by atoms with Crippen molar-refractivity contribution in [1.82, 2.24) is 14.5 Å². The minimum atomic E-state index is -0.489. The molecule has 0 radical (unpaired) electrons. The van der Waals surface area contributed by atoms with Crippen molar-refractivity contribution in [2.24, 2.45) is 0 Å². The van der Waals surface area contributed by atoms with E-state index in [4.69, 9.17) is 10.5 Å². The van der Waals surface area contributed by atoms with E-state index in [1.807, 2.05) is 38.7 Å². The average molecular weight is 344 g/mol. The number of nitrogen functional groups attached to an aromatic ring is 1. The molecule has 0 saturated carbocycles. The van der Waals surface area contributed by atoms with Gasteiger partial charge >= 0.3 is 6.09 Å². The van der Waals surface area contributed by atoms with Crippen molar-refractivity contribution >= 4 is 23.1 Å². The second-order valence-corrected chi connectivity index (χ2v) is 7.91. The van der Waals surface area contributed by atoms with Gasteiger partial charge in [-0.3, -0.25) is 0 Å². The van der Waals surface area contributed by atoms with Crippen LogP contribution >= 0.6 is 0 Å². The zero-order valence-corrected chi connectivity index (χ0v) is 15.6. The molecule has 2 N–H and O–H groups in total. The maximum absolute atomic E-state index is 12.5. The molecule has 25 heavy (non-hydrogen) atoms. The highest BCUT2D eigenvalue weighted by Crippen LogP contribution is 2.29. The van der Waals surface area contributed by atoms with Crippen molar-refractivity contribution in [2.45, 2.75) is 58.6 Å². The van der Waals surface area contributed by atoms with Crippen molar-refractivity contribution < 1.29 is 9.53 Å². The molecular formula is C19H28N4O2. The Kier molecular flexibility index (Phi) is 4.62. The number of hydrogen-bond acceptors (Lipinski definition) is 4. The zero-order valence-electron chi connectivity index (χ0n) is 15.6. The summed E-state index contributed by atoms with van der Waals surface area (Å²) < 4.78 is 7.64. The standard InChI is InChI=1S/C19H28N4O2/c1-13-8-9-16-15(11-13)21-17(20)23(16)14-7-5-6-10-22(12-14)18(24)25-19(2,3)4/h8-9,11,14H,5-7,10,12H2,1-4H3,(H2,20,21)/t14-/m0/s1. The molecule has 0 aliphatic carbocycles. The van der Waals surface area contributed by atoms with Crippen LogP contribution in [0.4, 0.5) is 10.7 Å². The number of benzene rings is 1. The van der Waals surface area contributed by atoms with Crippen LogP contribution in [-0.4, -0.2) is 39.2 Å². The normalized spacial score (nSPS) is 19.0. The quantitative estimate of drug-likeness (QED) is 0.852. The van der Waals surface area contributed by atoms with E-state index in [0.717, 1.165) is 42.4 Å². The second-order valence-electron chi connectivity index (χ2n) is 7.91. The number of carbonyl (C=O) groups excluding carboxylic acids is 1. The van der Waals surface area contributed by atoms with E-state index in [-0.39, 0.29) is 12.1 Å². The molecule has 0 spiro atoms. The molecule has 6 nitrogen and oxygen atoms in total. The van der Waals surface area contributed by atoms with Gasteiger partial charge in [-0.05, 0) is 64.7 Å². The predicted octanol–water partition coefficient (Wildman–Crippen LogP) is 3.89. The predicted molar refractivity (Wildman–Crippen MR) is 99.6 cm³/mol. The van der Waals surface area contributed by atoms with Crippen molar-refractivity contribution in [3.63, 3.8) is 0 Å². The number of anilines is 1. The Balaban J connectivity index is 1.89. The first-order valence-corrected chi connectivity index (χ1v) is 8.96. The van der Waals surface area contributed by atoms with Crippen LogP contribution in [0.5, 0.6) is 0 Å². The molecule has 0 bridgehead atoms. The van der Waals surface area contributed by atoms with Crippen LogP contribution in [0, 0.1) is 6.92 Å². The molecule has 1 saturated heterocycles. The molecule has 2 heterocycles. The lowest BCUT2D eigenvalue weighted by molar-refractivity contribution is 0.0238. The molecule has 1 fully saturated rings. The highest BCUT2D eigenvalue weighted by atomic mass is 16.6. The SMILES string of the molecule is Cc1ccc2c(c1)nc(N)n2[C@H]1CCCCN(C(=O)OC(C)(C)C)C1. The fraction of sp³-hybridized carbons (Fsp3) is 0.579.